The van der Waals surface area contributed by atoms with E-state index in [1.807, 2.05) is 0 Å². The molecule has 86 valence electrons. The molecule has 0 aliphatic heterocycles. The molecular formula is C5H14N2O5S2. The van der Waals surface area contributed by atoms with Crippen LogP contribution in [-0.4, -0.2) is 63.5 Å². The van der Waals surface area contributed by atoms with Crippen LogP contribution in [0.1, 0.15) is 0 Å². The summed E-state index contributed by atoms with van der Waals surface area (Å²) >= 11 is 0. The summed E-state index contributed by atoms with van der Waals surface area (Å²) in [6.07, 6.45) is 0.887. The van der Waals surface area contributed by atoms with Crippen molar-refractivity contribution in [3.63, 3.8) is 0 Å². The molecular weight excluding hydrogens is 232 g/mol. The Morgan fingerprint density at radius 3 is 1.79 bits per heavy atom. The summed E-state index contributed by atoms with van der Waals surface area (Å²) < 4.78 is 45.7. The van der Waals surface area contributed by atoms with Gasteiger partial charge < -0.3 is 5.11 Å². The number of hydrogen-bond acceptors (Lipinski definition) is 5. The molecule has 0 aliphatic rings. The number of aliphatic hydroxyl groups excluding tert-OH is 1. The molecule has 0 amide bonds. The van der Waals surface area contributed by atoms with Crippen molar-refractivity contribution >= 4 is 20.0 Å². The molecule has 0 saturated heterocycles. The van der Waals surface area contributed by atoms with Gasteiger partial charge in [0.05, 0.1) is 18.6 Å². The highest BCUT2D eigenvalue weighted by Crippen LogP contribution is 2.05. The van der Waals surface area contributed by atoms with Crippen LogP contribution in [0.25, 0.3) is 0 Å². The number of nitrogens with zero attached hydrogens (tertiary/aromatic N) is 2. The van der Waals surface area contributed by atoms with Crippen LogP contribution >= 0.6 is 0 Å². The van der Waals surface area contributed by atoms with E-state index in [-0.39, 0.29) is 0 Å². The molecule has 0 bridgehead atoms. The lowest BCUT2D eigenvalue weighted by molar-refractivity contribution is 0.232. The summed E-state index contributed by atoms with van der Waals surface area (Å²) in [4.78, 5) is 0. The van der Waals surface area contributed by atoms with Crippen molar-refractivity contribution in [2.45, 2.75) is 0 Å². The molecule has 0 aliphatic carbocycles. The van der Waals surface area contributed by atoms with Crippen LogP contribution in [0.15, 0.2) is 0 Å². The minimum atomic E-state index is -3.76. The molecule has 0 unspecified atom stereocenters. The zero-order valence-electron chi connectivity index (χ0n) is 8.21. The molecule has 14 heavy (non-hydrogen) atoms. The van der Waals surface area contributed by atoms with E-state index in [1.54, 1.807) is 0 Å². The van der Waals surface area contributed by atoms with E-state index < -0.39 is 32.4 Å². The molecule has 0 saturated carbocycles. The molecule has 0 aromatic heterocycles. The van der Waals surface area contributed by atoms with E-state index in [9.17, 15) is 16.8 Å². The first-order chi connectivity index (χ1) is 6.13. The van der Waals surface area contributed by atoms with Gasteiger partial charge in [-0.1, -0.05) is 0 Å². The van der Waals surface area contributed by atoms with E-state index in [0.29, 0.717) is 8.83 Å². The van der Waals surface area contributed by atoms with Crippen LogP contribution in [-0.2, 0) is 20.0 Å². The van der Waals surface area contributed by atoms with Gasteiger partial charge >= 0.3 is 0 Å². The van der Waals surface area contributed by atoms with Gasteiger partial charge in [0.15, 0.2) is 0 Å². The summed E-state index contributed by atoms with van der Waals surface area (Å²) in [6, 6.07) is 0. The average molecular weight is 246 g/mol. The van der Waals surface area contributed by atoms with Crippen LogP contribution < -0.4 is 0 Å². The molecule has 9 heteroatoms. The minimum Gasteiger partial charge on any atom is -0.395 e. The fraction of sp³-hybridized carbons (Fsp3) is 1.00. The first kappa shape index (κ1) is 13.8. The van der Waals surface area contributed by atoms with Crippen LogP contribution in [0.5, 0.6) is 0 Å². The Morgan fingerprint density at radius 2 is 1.50 bits per heavy atom. The molecule has 0 rings (SSSR count). The van der Waals surface area contributed by atoms with Gasteiger partial charge in [-0.25, -0.2) is 16.8 Å². The van der Waals surface area contributed by atoms with Crippen molar-refractivity contribution in [2.75, 3.05) is 32.7 Å². The first-order valence-electron chi connectivity index (χ1n) is 3.64. The zero-order valence-corrected chi connectivity index (χ0v) is 9.84. The third-order valence-electron chi connectivity index (χ3n) is 1.63. The Morgan fingerprint density at radius 1 is 1.07 bits per heavy atom. The van der Waals surface area contributed by atoms with Crippen molar-refractivity contribution in [2.24, 2.45) is 0 Å². The monoisotopic (exact) mass is 246 g/mol. The highest BCUT2D eigenvalue weighted by atomic mass is 32.2. The molecule has 0 atom stereocenters. The van der Waals surface area contributed by atoms with Crippen molar-refractivity contribution in [1.82, 2.24) is 8.83 Å². The number of aliphatic hydroxyl groups is 1. The van der Waals surface area contributed by atoms with Gasteiger partial charge in [-0.2, -0.15) is 0 Å². The summed E-state index contributed by atoms with van der Waals surface area (Å²) in [5.74, 6) is -0.511. The van der Waals surface area contributed by atoms with E-state index in [1.165, 1.54) is 0 Å². The Kier molecular flexibility index (Phi) is 4.46. The lowest BCUT2D eigenvalue weighted by atomic mass is 10.9. The molecule has 0 radical (unpaired) electrons. The predicted octanol–water partition coefficient (Wildman–Crippen LogP) is -1.95. The van der Waals surface area contributed by atoms with Crippen molar-refractivity contribution in [1.29, 1.82) is 0 Å². The van der Waals surface area contributed by atoms with E-state index in [4.69, 9.17) is 5.11 Å². The fourth-order valence-corrected chi connectivity index (χ4v) is 2.56. The van der Waals surface area contributed by atoms with Crippen molar-refractivity contribution < 1.29 is 21.9 Å². The first-order valence-corrected chi connectivity index (χ1v) is 7.10. The summed E-state index contributed by atoms with van der Waals surface area (Å²) in [7, 11) is -5.15. The summed E-state index contributed by atoms with van der Waals surface area (Å²) in [6.45, 7) is -0.551. The number of rotatable bonds is 5. The lowest BCUT2D eigenvalue weighted by Crippen LogP contribution is -2.45. The van der Waals surface area contributed by atoms with Gasteiger partial charge in [-0.3, -0.25) is 0 Å². The second-order valence-corrected chi connectivity index (χ2v) is 6.77. The highest BCUT2D eigenvalue weighted by Gasteiger charge is 2.26. The van der Waals surface area contributed by atoms with Crippen LogP contribution in [0.2, 0.25) is 0 Å². The Hall–Kier alpha value is -0.220. The molecule has 7 nitrogen and oxygen atoms in total. The number of hydrazine groups is 1. The molecule has 0 spiro atoms. The normalized spacial score (nSPS) is 13.9. The van der Waals surface area contributed by atoms with Gasteiger partial charge in [0.2, 0.25) is 20.0 Å². The zero-order chi connectivity index (χ0) is 11.6. The molecule has 0 fully saturated rings. The largest absolute Gasteiger partial charge is 0.395 e. The van der Waals surface area contributed by atoms with E-state index in [2.05, 4.69) is 0 Å². The SMILES string of the molecule is CN(N(C)S(=O)(=O)CCO)S(C)(=O)=O. The smallest absolute Gasteiger partial charge is 0.229 e. The third-order valence-corrected chi connectivity index (χ3v) is 4.69. The molecule has 0 aromatic rings. The van der Waals surface area contributed by atoms with Gasteiger partial charge in [0.1, 0.15) is 0 Å². The standard InChI is InChI=1S/C5H14N2O5S2/c1-6(13(3,9)10)7(2)14(11,12)5-4-8/h8H,4-5H2,1-3H3. The van der Waals surface area contributed by atoms with E-state index in [0.717, 1.165) is 20.4 Å². The van der Waals surface area contributed by atoms with Gasteiger partial charge in [0, 0.05) is 14.1 Å². The Balaban J connectivity index is 4.89. The maximum Gasteiger partial charge on any atom is 0.229 e. The van der Waals surface area contributed by atoms with Gasteiger partial charge in [-0.15, -0.1) is 8.83 Å². The average Bonchev–Trinajstić information content (AvgIpc) is 2.00. The second-order valence-electron chi connectivity index (χ2n) is 2.67. The summed E-state index contributed by atoms with van der Waals surface area (Å²) in [5.41, 5.74) is 0. The maximum atomic E-state index is 11.3. The van der Waals surface area contributed by atoms with E-state index >= 15 is 0 Å². The van der Waals surface area contributed by atoms with Crippen LogP contribution in [0.4, 0.5) is 0 Å². The second kappa shape index (κ2) is 4.53. The molecule has 1 N–H and O–H groups in total. The summed E-state index contributed by atoms with van der Waals surface area (Å²) in [5, 5.41) is 8.46. The molecule has 0 aromatic carbocycles. The van der Waals surface area contributed by atoms with Crippen LogP contribution in [0, 0.1) is 0 Å². The quantitative estimate of drug-likeness (QED) is 0.569. The number of sulfonamides is 2. The van der Waals surface area contributed by atoms with Crippen molar-refractivity contribution in [3.05, 3.63) is 0 Å². The van der Waals surface area contributed by atoms with Crippen LogP contribution in [0.3, 0.4) is 0 Å². The number of hydrogen-bond donors (Lipinski definition) is 1. The van der Waals surface area contributed by atoms with Crippen molar-refractivity contribution in [3.8, 4) is 0 Å². The molecule has 0 heterocycles. The Labute approximate surface area is 84.0 Å². The third kappa shape index (κ3) is 3.50. The predicted molar refractivity (Wildman–Crippen MR) is 51.2 cm³/mol. The topological polar surface area (TPSA) is 95.0 Å². The highest BCUT2D eigenvalue weighted by molar-refractivity contribution is 7.91. The minimum absolute atomic E-state index is 0.511. The lowest BCUT2D eigenvalue weighted by Gasteiger charge is -2.24. The Bertz CT molecular complexity index is 373. The maximum absolute atomic E-state index is 11.3. The fourth-order valence-electron chi connectivity index (χ4n) is 0.632. The van der Waals surface area contributed by atoms with Gasteiger partial charge in [0.25, 0.3) is 0 Å². The van der Waals surface area contributed by atoms with Gasteiger partial charge in [-0.05, 0) is 0 Å².